The van der Waals surface area contributed by atoms with Crippen LogP contribution in [0.2, 0.25) is 0 Å². The quantitative estimate of drug-likeness (QED) is 0.842. The van der Waals surface area contributed by atoms with E-state index in [1.165, 1.54) is 18.3 Å². The molecule has 1 unspecified atom stereocenters. The van der Waals surface area contributed by atoms with E-state index >= 15 is 0 Å². The van der Waals surface area contributed by atoms with Crippen molar-refractivity contribution in [3.63, 3.8) is 0 Å². The summed E-state index contributed by atoms with van der Waals surface area (Å²) >= 11 is 0. The Morgan fingerprint density at radius 3 is 2.82 bits per heavy atom. The number of aliphatic hydroxyl groups is 1. The van der Waals surface area contributed by atoms with E-state index in [9.17, 15) is 17.9 Å². The van der Waals surface area contributed by atoms with E-state index in [0.29, 0.717) is 6.42 Å². The summed E-state index contributed by atoms with van der Waals surface area (Å²) in [6, 6.07) is 2.65. The zero-order valence-corrected chi connectivity index (χ0v) is 10.5. The van der Waals surface area contributed by atoms with E-state index in [1.54, 1.807) is 6.92 Å². The second-order valence-electron chi connectivity index (χ2n) is 3.76. The average Bonchev–Trinajstić information content (AvgIpc) is 2.29. The predicted molar refractivity (Wildman–Crippen MR) is 62.7 cm³/mol. The van der Waals surface area contributed by atoms with Crippen LogP contribution in [0.4, 0.5) is 4.39 Å². The molecule has 0 amide bonds. The van der Waals surface area contributed by atoms with E-state index in [4.69, 9.17) is 0 Å². The normalized spacial score (nSPS) is 13.6. The van der Waals surface area contributed by atoms with Gasteiger partial charge in [0.1, 0.15) is 21.3 Å². The summed E-state index contributed by atoms with van der Waals surface area (Å²) in [7, 11) is -3.03. The van der Waals surface area contributed by atoms with E-state index in [1.807, 2.05) is 0 Å². The average molecular weight is 261 g/mol. The first-order valence-electron chi connectivity index (χ1n) is 5.45. The van der Waals surface area contributed by atoms with E-state index in [2.05, 4.69) is 4.98 Å². The van der Waals surface area contributed by atoms with Crippen LogP contribution in [0.1, 0.15) is 31.6 Å². The molecular weight excluding hydrogens is 245 g/mol. The lowest BCUT2D eigenvalue weighted by Gasteiger charge is -2.10. The van der Waals surface area contributed by atoms with Gasteiger partial charge in [-0.25, -0.2) is 12.8 Å². The molecule has 0 saturated heterocycles. The molecule has 0 radical (unpaired) electrons. The van der Waals surface area contributed by atoms with Gasteiger partial charge in [0.25, 0.3) is 0 Å². The zero-order chi connectivity index (χ0) is 12.9. The van der Waals surface area contributed by atoms with Crippen LogP contribution in [-0.4, -0.2) is 30.0 Å². The fourth-order valence-electron chi connectivity index (χ4n) is 1.42. The number of hydrogen-bond acceptors (Lipinski definition) is 4. The third kappa shape index (κ3) is 4.40. The summed E-state index contributed by atoms with van der Waals surface area (Å²) in [5.74, 6) is -0.478. The molecule has 1 atom stereocenters. The van der Waals surface area contributed by atoms with Crippen LogP contribution in [-0.2, 0) is 9.84 Å². The highest BCUT2D eigenvalue weighted by Gasteiger charge is 2.15. The van der Waals surface area contributed by atoms with Gasteiger partial charge >= 0.3 is 0 Å². The number of pyridine rings is 1. The van der Waals surface area contributed by atoms with E-state index in [0.717, 1.165) is 0 Å². The van der Waals surface area contributed by atoms with Crippen LogP contribution < -0.4 is 0 Å². The first kappa shape index (κ1) is 14.1. The van der Waals surface area contributed by atoms with Crippen molar-refractivity contribution in [2.24, 2.45) is 0 Å². The third-order valence-corrected chi connectivity index (χ3v) is 4.27. The topological polar surface area (TPSA) is 67.3 Å². The lowest BCUT2D eigenvalue weighted by molar-refractivity contribution is 0.157. The minimum atomic E-state index is -3.03. The molecule has 0 bridgehead atoms. The van der Waals surface area contributed by atoms with Crippen molar-refractivity contribution in [1.29, 1.82) is 0 Å². The molecule has 0 aliphatic heterocycles. The summed E-state index contributed by atoms with van der Waals surface area (Å²) in [5.41, 5.74) is -0.0265. The maximum Gasteiger partial charge on any atom is 0.150 e. The minimum absolute atomic E-state index is 0.00894. The molecule has 0 fully saturated rings. The molecule has 1 heterocycles. The molecule has 96 valence electrons. The number of sulfone groups is 1. The highest BCUT2D eigenvalue weighted by Crippen LogP contribution is 2.19. The van der Waals surface area contributed by atoms with Gasteiger partial charge in [-0.2, -0.15) is 0 Å². The summed E-state index contributed by atoms with van der Waals surface area (Å²) in [4.78, 5) is 3.74. The Bertz CT molecular complexity index is 462. The van der Waals surface area contributed by atoms with Crippen LogP contribution in [0.5, 0.6) is 0 Å². The molecule has 0 spiro atoms. The van der Waals surface area contributed by atoms with Crippen LogP contribution in [0.15, 0.2) is 18.3 Å². The standard InChI is InChI=1S/C11H16FNO3S/c1-2-17(15,16)8-4-6-10(14)11-9(12)5-3-7-13-11/h3,5,7,10,14H,2,4,6,8H2,1H3. The smallest absolute Gasteiger partial charge is 0.150 e. The highest BCUT2D eigenvalue weighted by atomic mass is 32.2. The number of hydrogen-bond donors (Lipinski definition) is 1. The lowest BCUT2D eigenvalue weighted by atomic mass is 10.1. The van der Waals surface area contributed by atoms with Crippen molar-refractivity contribution in [3.8, 4) is 0 Å². The molecule has 0 aliphatic rings. The monoisotopic (exact) mass is 261 g/mol. The molecule has 0 saturated carbocycles. The van der Waals surface area contributed by atoms with Crippen LogP contribution in [0.25, 0.3) is 0 Å². The number of aliphatic hydroxyl groups excluding tert-OH is 1. The fourth-order valence-corrected chi connectivity index (χ4v) is 2.32. The minimum Gasteiger partial charge on any atom is -0.387 e. The molecule has 1 rings (SSSR count). The van der Waals surface area contributed by atoms with Crippen molar-refractivity contribution in [2.45, 2.75) is 25.9 Å². The molecule has 1 aromatic heterocycles. The molecule has 0 aromatic carbocycles. The Labute approximate surface area is 100 Å². The largest absolute Gasteiger partial charge is 0.387 e. The third-order valence-electron chi connectivity index (χ3n) is 2.48. The predicted octanol–water partition coefficient (Wildman–Crippen LogP) is 1.47. The van der Waals surface area contributed by atoms with Crippen LogP contribution in [0, 0.1) is 5.82 Å². The Morgan fingerprint density at radius 1 is 1.53 bits per heavy atom. The summed E-state index contributed by atoms with van der Waals surface area (Å²) in [6.07, 6.45) is 0.827. The van der Waals surface area contributed by atoms with E-state index < -0.39 is 21.8 Å². The maximum atomic E-state index is 13.2. The van der Waals surface area contributed by atoms with Crippen molar-refractivity contribution in [1.82, 2.24) is 4.98 Å². The van der Waals surface area contributed by atoms with Crippen molar-refractivity contribution >= 4 is 9.84 Å². The maximum absolute atomic E-state index is 13.2. The number of halogens is 1. The SMILES string of the molecule is CCS(=O)(=O)CCCC(O)c1ncccc1F. The summed E-state index contributed by atoms with van der Waals surface area (Å²) in [5, 5.41) is 9.67. The number of rotatable bonds is 6. The first-order chi connectivity index (χ1) is 7.96. The lowest BCUT2D eigenvalue weighted by Crippen LogP contribution is -2.11. The van der Waals surface area contributed by atoms with Crippen LogP contribution >= 0.6 is 0 Å². The molecule has 1 aromatic rings. The Hall–Kier alpha value is -1.01. The van der Waals surface area contributed by atoms with Gasteiger partial charge in [-0.3, -0.25) is 4.98 Å². The molecule has 17 heavy (non-hydrogen) atoms. The molecule has 0 aliphatic carbocycles. The molecule has 4 nitrogen and oxygen atoms in total. The van der Waals surface area contributed by atoms with Gasteiger partial charge in [-0.15, -0.1) is 0 Å². The second-order valence-corrected chi connectivity index (χ2v) is 6.24. The zero-order valence-electron chi connectivity index (χ0n) is 9.63. The van der Waals surface area contributed by atoms with Crippen molar-refractivity contribution in [3.05, 3.63) is 29.8 Å². The molecule has 6 heteroatoms. The highest BCUT2D eigenvalue weighted by molar-refractivity contribution is 7.91. The van der Waals surface area contributed by atoms with E-state index in [-0.39, 0.29) is 23.6 Å². The van der Waals surface area contributed by atoms with Crippen molar-refractivity contribution < 1.29 is 17.9 Å². The van der Waals surface area contributed by atoms with Crippen LogP contribution in [0.3, 0.4) is 0 Å². The van der Waals surface area contributed by atoms with Gasteiger partial charge in [0, 0.05) is 11.9 Å². The van der Waals surface area contributed by atoms with Gasteiger partial charge in [-0.1, -0.05) is 6.92 Å². The Morgan fingerprint density at radius 2 is 2.24 bits per heavy atom. The summed E-state index contributed by atoms with van der Waals surface area (Å²) in [6.45, 7) is 1.57. The van der Waals surface area contributed by atoms with Gasteiger partial charge < -0.3 is 5.11 Å². The Kier molecular flexibility index (Phi) is 5.02. The van der Waals surface area contributed by atoms with Gasteiger partial charge in [-0.05, 0) is 25.0 Å². The fraction of sp³-hybridized carbons (Fsp3) is 0.545. The summed E-state index contributed by atoms with van der Waals surface area (Å²) < 4.78 is 35.7. The Balaban J connectivity index is 2.51. The molecular formula is C11H16FNO3S. The first-order valence-corrected chi connectivity index (χ1v) is 7.27. The van der Waals surface area contributed by atoms with Gasteiger partial charge in [0.2, 0.25) is 0 Å². The number of aromatic nitrogens is 1. The molecule has 1 N–H and O–H groups in total. The van der Waals surface area contributed by atoms with Gasteiger partial charge in [0.15, 0.2) is 0 Å². The van der Waals surface area contributed by atoms with Crippen molar-refractivity contribution in [2.75, 3.05) is 11.5 Å². The number of nitrogens with zero attached hydrogens (tertiary/aromatic N) is 1. The van der Waals surface area contributed by atoms with Gasteiger partial charge in [0.05, 0.1) is 11.9 Å². The second kappa shape index (κ2) is 6.07.